The fourth-order valence-electron chi connectivity index (χ4n) is 1.56. The minimum Gasteiger partial charge on any atom is -0.435 e. The number of benzene rings is 1. The molecule has 2 rings (SSSR count). The molecule has 0 amide bonds. The summed E-state index contributed by atoms with van der Waals surface area (Å²) in [5.74, 6) is 0.889. The molecule has 0 aliphatic carbocycles. The van der Waals surface area contributed by atoms with Gasteiger partial charge in [-0.25, -0.2) is 0 Å². The van der Waals surface area contributed by atoms with Gasteiger partial charge in [0.25, 0.3) is 0 Å². The van der Waals surface area contributed by atoms with Gasteiger partial charge in [-0.2, -0.15) is 8.78 Å². The van der Waals surface area contributed by atoms with Gasteiger partial charge >= 0.3 is 6.61 Å². The summed E-state index contributed by atoms with van der Waals surface area (Å²) in [4.78, 5) is 0. The molecule has 21 heavy (non-hydrogen) atoms. The summed E-state index contributed by atoms with van der Waals surface area (Å²) in [6.07, 6.45) is 0. The van der Waals surface area contributed by atoms with E-state index in [1.165, 1.54) is 12.1 Å². The molecular formula is C14H17F2N3O2. The SMILES string of the molecule is CC(C)(C)NCc1nnc(-c2ccc(OC(F)F)cc2)o1. The van der Waals surface area contributed by atoms with Crippen molar-refractivity contribution in [1.29, 1.82) is 0 Å². The molecule has 2 aromatic rings. The van der Waals surface area contributed by atoms with Crippen LogP contribution in [0.15, 0.2) is 28.7 Å². The first-order valence-corrected chi connectivity index (χ1v) is 6.46. The van der Waals surface area contributed by atoms with Crippen molar-refractivity contribution in [2.45, 2.75) is 39.5 Å². The quantitative estimate of drug-likeness (QED) is 0.918. The largest absolute Gasteiger partial charge is 0.435 e. The predicted molar refractivity (Wildman–Crippen MR) is 73.0 cm³/mol. The van der Waals surface area contributed by atoms with E-state index in [1.54, 1.807) is 12.1 Å². The van der Waals surface area contributed by atoms with Crippen molar-refractivity contribution in [3.63, 3.8) is 0 Å². The van der Waals surface area contributed by atoms with Crippen molar-refractivity contribution in [2.75, 3.05) is 0 Å². The highest BCUT2D eigenvalue weighted by atomic mass is 19.3. The summed E-state index contributed by atoms with van der Waals surface area (Å²) in [5, 5.41) is 11.1. The van der Waals surface area contributed by atoms with Crippen LogP contribution in [0, 0.1) is 0 Å². The van der Waals surface area contributed by atoms with E-state index in [-0.39, 0.29) is 11.3 Å². The molecule has 1 aromatic carbocycles. The number of alkyl halides is 2. The monoisotopic (exact) mass is 297 g/mol. The number of hydrogen-bond donors (Lipinski definition) is 1. The van der Waals surface area contributed by atoms with Crippen LogP contribution in [0.5, 0.6) is 5.75 Å². The third-order valence-corrected chi connectivity index (χ3v) is 2.56. The Labute approximate surface area is 121 Å². The third-order valence-electron chi connectivity index (χ3n) is 2.56. The van der Waals surface area contributed by atoms with Crippen LogP contribution in [-0.4, -0.2) is 22.3 Å². The van der Waals surface area contributed by atoms with Crippen LogP contribution in [0.4, 0.5) is 8.78 Å². The summed E-state index contributed by atoms with van der Waals surface area (Å²) in [7, 11) is 0. The molecule has 0 bridgehead atoms. The van der Waals surface area contributed by atoms with Crippen LogP contribution in [-0.2, 0) is 6.54 Å². The van der Waals surface area contributed by atoms with Gasteiger partial charge in [-0.3, -0.25) is 0 Å². The van der Waals surface area contributed by atoms with Crippen LogP contribution in [0.1, 0.15) is 26.7 Å². The van der Waals surface area contributed by atoms with E-state index in [2.05, 4.69) is 20.3 Å². The maximum Gasteiger partial charge on any atom is 0.387 e. The summed E-state index contributed by atoms with van der Waals surface area (Å²) in [6.45, 7) is 3.72. The molecule has 0 saturated carbocycles. The minimum absolute atomic E-state index is 0.0527. The number of aromatic nitrogens is 2. The van der Waals surface area contributed by atoms with Gasteiger partial charge in [-0.1, -0.05) is 0 Å². The smallest absolute Gasteiger partial charge is 0.387 e. The molecule has 1 N–H and O–H groups in total. The zero-order valence-electron chi connectivity index (χ0n) is 12.1. The summed E-state index contributed by atoms with van der Waals surface area (Å²) in [6, 6.07) is 6.04. The van der Waals surface area contributed by atoms with Crippen molar-refractivity contribution < 1.29 is 17.9 Å². The van der Waals surface area contributed by atoms with Crippen LogP contribution in [0.3, 0.4) is 0 Å². The lowest BCUT2D eigenvalue weighted by atomic mass is 10.1. The molecule has 0 atom stereocenters. The zero-order valence-corrected chi connectivity index (χ0v) is 12.1. The average molecular weight is 297 g/mol. The summed E-state index contributed by atoms with van der Waals surface area (Å²) in [5.41, 5.74) is 0.592. The standard InChI is InChI=1S/C14H17F2N3O2/c1-14(2,3)17-8-11-18-19-12(21-11)9-4-6-10(7-5-9)20-13(15)16/h4-7,13,17H,8H2,1-3H3. The highest BCUT2D eigenvalue weighted by Gasteiger charge is 2.13. The Morgan fingerprint density at radius 2 is 1.86 bits per heavy atom. The maximum atomic E-state index is 12.1. The van der Waals surface area contributed by atoms with E-state index in [9.17, 15) is 8.78 Å². The normalized spacial score (nSPS) is 11.9. The fraction of sp³-hybridized carbons (Fsp3) is 0.429. The Morgan fingerprint density at radius 1 is 1.19 bits per heavy atom. The number of ether oxygens (including phenoxy) is 1. The molecule has 114 valence electrons. The topological polar surface area (TPSA) is 60.2 Å². The second-order valence-corrected chi connectivity index (χ2v) is 5.51. The number of nitrogens with zero attached hydrogens (tertiary/aromatic N) is 2. The van der Waals surface area contributed by atoms with Gasteiger partial charge in [0.05, 0.1) is 6.54 Å². The van der Waals surface area contributed by atoms with Gasteiger partial charge in [-0.05, 0) is 45.0 Å². The first kappa shape index (κ1) is 15.4. The van der Waals surface area contributed by atoms with Crippen LogP contribution in [0.25, 0.3) is 11.5 Å². The number of hydrogen-bond acceptors (Lipinski definition) is 5. The molecule has 0 radical (unpaired) electrons. The van der Waals surface area contributed by atoms with E-state index in [4.69, 9.17) is 4.42 Å². The Kier molecular flexibility index (Phi) is 4.52. The van der Waals surface area contributed by atoms with Gasteiger partial charge in [-0.15, -0.1) is 10.2 Å². The van der Waals surface area contributed by atoms with Gasteiger partial charge in [0.2, 0.25) is 11.8 Å². The number of halogens is 2. The Morgan fingerprint density at radius 3 is 2.43 bits per heavy atom. The zero-order chi connectivity index (χ0) is 15.5. The van der Waals surface area contributed by atoms with Gasteiger partial charge in [0.1, 0.15) is 5.75 Å². The van der Waals surface area contributed by atoms with Crippen molar-refractivity contribution >= 4 is 0 Å². The maximum absolute atomic E-state index is 12.1. The third kappa shape index (κ3) is 4.78. The Hall–Kier alpha value is -2.02. The van der Waals surface area contributed by atoms with E-state index < -0.39 is 6.61 Å². The van der Waals surface area contributed by atoms with Crippen molar-refractivity contribution in [3.05, 3.63) is 30.2 Å². The fourth-order valence-corrected chi connectivity index (χ4v) is 1.56. The second-order valence-electron chi connectivity index (χ2n) is 5.51. The molecule has 5 nitrogen and oxygen atoms in total. The van der Waals surface area contributed by atoms with Crippen molar-refractivity contribution in [1.82, 2.24) is 15.5 Å². The Bertz CT molecular complexity index is 577. The van der Waals surface area contributed by atoms with Crippen LogP contribution >= 0.6 is 0 Å². The molecular weight excluding hydrogens is 280 g/mol. The van der Waals surface area contributed by atoms with Crippen molar-refractivity contribution in [2.24, 2.45) is 0 Å². The van der Waals surface area contributed by atoms with E-state index >= 15 is 0 Å². The lowest BCUT2D eigenvalue weighted by Gasteiger charge is -2.18. The highest BCUT2D eigenvalue weighted by Crippen LogP contribution is 2.22. The summed E-state index contributed by atoms with van der Waals surface area (Å²) >= 11 is 0. The molecule has 0 aliphatic rings. The number of nitrogens with one attached hydrogen (secondary N) is 1. The molecule has 1 heterocycles. The van der Waals surface area contributed by atoms with Crippen LogP contribution in [0.2, 0.25) is 0 Å². The molecule has 1 aromatic heterocycles. The number of rotatable bonds is 5. The van der Waals surface area contributed by atoms with Crippen molar-refractivity contribution in [3.8, 4) is 17.2 Å². The average Bonchev–Trinajstić information content (AvgIpc) is 2.84. The van der Waals surface area contributed by atoms with E-state index in [1.807, 2.05) is 20.8 Å². The summed E-state index contributed by atoms with van der Waals surface area (Å²) < 4.78 is 33.9. The molecule has 0 spiro atoms. The molecule has 0 aliphatic heterocycles. The lowest BCUT2D eigenvalue weighted by Crippen LogP contribution is -2.35. The van der Waals surface area contributed by atoms with Gasteiger partial charge in [0, 0.05) is 11.1 Å². The molecule has 0 fully saturated rings. The first-order chi connectivity index (χ1) is 9.83. The minimum atomic E-state index is -2.84. The van der Waals surface area contributed by atoms with Gasteiger partial charge in [0.15, 0.2) is 0 Å². The van der Waals surface area contributed by atoms with Gasteiger partial charge < -0.3 is 14.5 Å². The lowest BCUT2D eigenvalue weighted by molar-refractivity contribution is -0.0498. The first-order valence-electron chi connectivity index (χ1n) is 6.46. The van der Waals surface area contributed by atoms with E-state index in [0.29, 0.717) is 23.9 Å². The second kappa shape index (κ2) is 6.17. The highest BCUT2D eigenvalue weighted by molar-refractivity contribution is 5.53. The van der Waals surface area contributed by atoms with E-state index in [0.717, 1.165) is 0 Å². The molecule has 0 saturated heterocycles. The molecule has 7 heteroatoms. The Balaban J connectivity index is 2.03. The van der Waals surface area contributed by atoms with Crippen LogP contribution < -0.4 is 10.1 Å². The predicted octanol–water partition coefficient (Wildman–Crippen LogP) is 3.23. The molecule has 0 unspecified atom stereocenters.